The van der Waals surface area contributed by atoms with Gasteiger partial charge in [-0.05, 0) is 11.8 Å². The van der Waals surface area contributed by atoms with Crippen LogP contribution < -0.4 is 0 Å². The van der Waals surface area contributed by atoms with E-state index in [1.54, 1.807) is 0 Å². The van der Waals surface area contributed by atoms with E-state index in [1.807, 2.05) is 0 Å². The molecule has 0 radical (unpaired) electrons. The van der Waals surface area contributed by atoms with E-state index in [0.717, 1.165) is 14.2 Å². The molecule has 0 amide bonds. The van der Waals surface area contributed by atoms with Gasteiger partial charge in [-0.1, -0.05) is 0 Å². The molecule has 0 saturated heterocycles. The lowest BCUT2D eigenvalue weighted by molar-refractivity contribution is 0.204. The Kier molecular flexibility index (Phi) is 9.58. The van der Waals surface area contributed by atoms with Crippen molar-refractivity contribution in [3.8, 4) is 0 Å². The molecule has 0 heterocycles. The maximum Gasteiger partial charge on any atom is 0.471 e. The molecule has 0 bridgehead atoms. The maximum atomic E-state index is 10.1. The minimum atomic E-state index is -3.65. The highest BCUT2D eigenvalue weighted by atomic mass is 32.5. The van der Waals surface area contributed by atoms with Crippen LogP contribution in [0.15, 0.2) is 0 Å². The molecule has 14 heavy (non-hydrogen) atoms. The summed E-state index contributed by atoms with van der Waals surface area (Å²) in [6.07, 6.45) is 0. The average Bonchev–Trinajstić information content (AvgIpc) is 2.19. The summed E-state index contributed by atoms with van der Waals surface area (Å²) in [5.74, 6) is 0. The quantitative estimate of drug-likeness (QED) is 0.725. The van der Waals surface area contributed by atoms with Gasteiger partial charge in [-0.2, -0.15) is 0 Å². The lowest BCUT2D eigenvalue weighted by Crippen LogP contribution is -1.83. The van der Waals surface area contributed by atoms with Gasteiger partial charge >= 0.3 is 14.5 Å². The van der Waals surface area contributed by atoms with Gasteiger partial charge in [0.15, 0.2) is 0 Å². The summed E-state index contributed by atoms with van der Waals surface area (Å²) in [6, 6.07) is 0. The second-order valence-electron chi connectivity index (χ2n) is 1.67. The highest BCUT2D eigenvalue weighted by Crippen LogP contribution is 2.41. The first-order valence-corrected chi connectivity index (χ1v) is 7.21. The van der Waals surface area contributed by atoms with Crippen LogP contribution in [-0.2, 0) is 34.5 Å². The predicted molar refractivity (Wildman–Crippen MR) is 54.4 cm³/mol. The smallest absolute Gasteiger partial charge is 0.324 e. The Morgan fingerprint density at radius 1 is 0.929 bits per heavy atom. The number of hydrogen-bond donors (Lipinski definition) is 2. The predicted octanol–water partition coefficient (Wildman–Crippen LogP) is 0.876. The molecule has 0 aliphatic rings. The molecule has 2 N–H and O–H groups in total. The molecule has 0 aromatic carbocycles. The minimum Gasteiger partial charge on any atom is -0.324 e. The van der Waals surface area contributed by atoms with Crippen LogP contribution in [0.2, 0.25) is 0 Å². The van der Waals surface area contributed by atoms with Gasteiger partial charge in [-0.15, -0.1) is 0 Å². The first kappa shape index (κ1) is 17.0. The Morgan fingerprint density at radius 3 is 1.21 bits per heavy atom. The first-order chi connectivity index (χ1) is 6.24. The summed E-state index contributed by atoms with van der Waals surface area (Å²) in [5, 5.41) is 0. The molecular formula is C4H14O7P2S. The average molecular weight is 268 g/mol. The number of phosphoric ester groups is 1. The largest absolute Gasteiger partial charge is 0.471 e. The molecule has 0 saturated carbocycles. The third-order valence-corrected chi connectivity index (χ3v) is 3.66. The molecule has 0 fully saturated rings. The van der Waals surface area contributed by atoms with Crippen molar-refractivity contribution in [2.24, 2.45) is 0 Å². The SMILES string of the molecule is COP(=O)(O)OC.COP(O)(=S)OC. The van der Waals surface area contributed by atoms with E-state index in [4.69, 9.17) is 9.79 Å². The van der Waals surface area contributed by atoms with Crippen molar-refractivity contribution in [2.75, 3.05) is 28.4 Å². The summed E-state index contributed by atoms with van der Waals surface area (Å²) in [7, 11) is 1.17. The van der Waals surface area contributed by atoms with Crippen molar-refractivity contribution >= 4 is 26.3 Å². The van der Waals surface area contributed by atoms with Crippen LogP contribution in [0.4, 0.5) is 0 Å². The van der Waals surface area contributed by atoms with Crippen molar-refractivity contribution in [1.82, 2.24) is 0 Å². The van der Waals surface area contributed by atoms with E-state index in [2.05, 4.69) is 29.9 Å². The zero-order chi connectivity index (χ0) is 11.8. The molecule has 0 rings (SSSR count). The first-order valence-electron chi connectivity index (χ1n) is 3.13. The molecule has 0 spiro atoms. The zero-order valence-electron chi connectivity index (χ0n) is 8.24. The van der Waals surface area contributed by atoms with E-state index in [-0.39, 0.29) is 0 Å². The van der Waals surface area contributed by atoms with Gasteiger partial charge in [0.1, 0.15) is 0 Å². The van der Waals surface area contributed by atoms with Gasteiger partial charge in [0.05, 0.1) is 0 Å². The molecule has 0 aliphatic carbocycles. The Hall–Kier alpha value is 0.640. The van der Waals surface area contributed by atoms with Crippen molar-refractivity contribution in [1.29, 1.82) is 0 Å². The Balaban J connectivity index is 0. The lowest BCUT2D eigenvalue weighted by Gasteiger charge is -2.06. The second-order valence-corrected chi connectivity index (χ2v) is 6.39. The van der Waals surface area contributed by atoms with Crippen LogP contribution in [0.1, 0.15) is 0 Å². The van der Waals surface area contributed by atoms with Gasteiger partial charge in [0, 0.05) is 28.4 Å². The highest BCUT2D eigenvalue weighted by Gasteiger charge is 2.13. The number of hydrogen-bond acceptors (Lipinski definition) is 6. The minimum absolute atomic E-state index is 1.10. The van der Waals surface area contributed by atoms with E-state index in [9.17, 15) is 4.57 Å². The fraction of sp³-hybridized carbons (Fsp3) is 1.00. The zero-order valence-corrected chi connectivity index (χ0v) is 10.8. The molecule has 0 aromatic rings. The molecular weight excluding hydrogens is 254 g/mol. The summed E-state index contributed by atoms with van der Waals surface area (Å²) >= 11 is 4.37. The molecule has 0 aromatic heterocycles. The van der Waals surface area contributed by atoms with Gasteiger partial charge in [-0.3, -0.25) is 9.05 Å². The third kappa shape index (κ3) is 10.7. The topological polar surface area (TPSA) is 94.5 Å². The van der Waals surface area contributed by atoms with E-state index in [0.29, 0.717) is 0 Å². The van der Waals surface area contributed by atoms with E-state index in [1.165, 1.54) is 14.2 Å². The van der Waals surface area contributed by atoms with Crippen LogP contribution in [0.5, 0.6) is 0 Å². The number of rotatable bonds is 4. The van der Waals surface area contributed by atoms with Crippen molar-refractivity contribution in [3.63, 3.8) is 0 Å². The lowest BCUT2D eigenvalue weighted by atomic mass is 11.8. The molecule has 7 nitrogen and oxygen atoms in total. The van der Waals surface area contributed by atoms with Crippen LogP contribution in [0, 0.1) is 0 Å². The van der Waals surface area contributed by atoms with Gasteiger partial charge < -0.3 is 18.8 Å². The van der Waals surface area contributed by atoms with Crippen molar-refractivity contribution in [2.45, 2.75) is 0 Å². The Bertz CT molecular complexity index is 192. The Labute approximate surface area is 87.8 Å². The van der Waals surface area contributed by atoms with Gasteiger partial charge in [-0.25, -0.2) is 4.57 Å². The van der Waals surface area contributed by atoms with Crippen LogP contribution >= 0.6 is 14.5 Å². The van der Waals surface area contributed by atoms with Gasteiger partial charge in [0.2, 0.25) is 0 Å². The molecule has 88 valence electrons. The summed E-state index contributed by atoms with van der Waals surface area (Å²) in [5.41, 5.74) is 0. The van der Waals surface area contributed by atoms with Crippen molar-refractivity contribution in [3.05, 3.63) is 0 Å². The highest BCUT2D eigenvalue weighted by molar-refractivity contribution is 8.07. The van der Waals surface area contributed by atoms with Crippen molar-refractivity contribution < 1.29 is 32.4 Å². The fourth-order valence-electron chi connectivity index (χ4n) is 0.149. The summed E-state index contributed by atoms with van der Waals surface area (Å²) in [4.78, 5) is 16.9. The molecule has 10 heteroatoms. The third-order valence-electron chi connectivity index (χ3n) is 0.923. The fourth-order valence-corrected chi connectivity index (χ4v) is 0.447. The Morgan fingerprint density at radius 2 is 1.21 bits per heavy atom. The second kappa shape index (κ2) is 7.87. The standard InChI is InChI=1S/C2H7O4P.C2H7O3PS/c1-5-7(3,4)6-2;1-4-6(3,7)5-2/h1-2H3,(H,3,4);1-2H3,(H,3,7). The molecule has 0 atom stereocenters. The molecule has 0 aliphatic heterocycles. The number of phosphoric acid groups is 1. The maximum absolute atomic E-state index is 10.1. The van der Waals surface area contributed by atoms with Crippen LogP contribution in [0.3, 0.4) is 0 Å². The van der Waals surface area contributed by atoms with E-state index < -0.39 is 14.5 Å². The monoisotopic (exact) mass is 268 g/mol. The van der Waals surface area contributed by atoms with Gasteiger partial charge in [0.25, 0.3) is 0 Å². The van der Waals surface area contributed by atoms with Crippen LogP contribution in [0.25, 0.3) is 0 Å². The summed E-state index contributed by atoms with van der Waals surface area (Å²) in [6.45, 7) is -2.82. The summed E-state index contributed by atoms with van der Waals surface area (Å²) < 4.78 is 26.7. The van der Waals surface area contributed by atoms with E-state index >= 15 is 0 Å². The normalized spacial score (nSPS) is 11.9. The van der Waals surface area contributed by atoms with Crippen LogP contribution in [-0.4, -0.2) is 38.2 Å². The molecule has 0 unspecified atom stereocenters.